The van der Waals surface area contributed by atoms with Gasteiger partial charge in [0.15, 0.2) is 5.69 Å². The zero-order valence-electron chi connectivity index (χ0n) is 15.1. The summed E-state index contributed by atoms with van der Waals surface area (Å²) < 4.78 is 7.64. The number of hydrogen-bond acceptors (Lipinski definition) is 6. The minimum absolute atomic E-state index is 0.246. The molecule has 0 bridgehead atoms. The number of morpholine rings is 1. The second-order valence-corrected chi connectivity index (χ2v) is 7.33. The number of aromatic nitrogens is 2. The van der Waals surface area contributed by atoms with Crippen LogP contribution in [-0.2, 0) is 18.3 Å². The lowest BCUT2D eigenvalue weighted by Gasteiger charge is -2.32. The number of nitrogens with zero attached hydrogens (tertiary/aromatic N) is 3. The summed E-state index contributed by atoms with van der Waals surface area (Å²) in [5.41, 5.74) is -0.0599. The van der Waals surface area contributed by atoms with Crippen molar-refractivity contribution in [3.8, 4) is 5.75 Å². The Morgan fingerprint density at radius 2 is 2.22 bits per heavy atom. The Morgan fingerprint density at radius 3 is 2.93 bits per heavy atom. The van der Waals surface area contributed by atoms with Gasteiger partial charge in [0.1, 0.15) is 5.82 Å². The fourth-order valence-electron chi connectivity index (χ4n) is 2.93. The normalized spacial score (nSPS) is 17.7. The lowest BCUT2D eigenvalue weighted by Crippen LogP contribution is -2.41. The van der Waals surface area contributed by atoms with Crippen molar-refractivity contribution in [1.29, 1.82) is 0 Å². The number of carbonyl (C=O) groups is 1. The molecule has 1 fully saturated rings. The summed E-state index contributed by atoms with van der Waals surface area (Å²) in [6, 6.07) is 7.21. The summed E-state index contributed by atoms with van der Waals surface area (Å²) >= 11 is 3.38. The molecule has 1 amide bonds. The number of aromatic hydroxyl groups is 1. The average molecular weight is 437 g/mol. The molecule has 0 saturated carbocycles. The molecule has 0 aliphatic carbocycles. The molecule has 9 heteroatoms. The van der Waals surface area contributed by atoms with Gasteiger partial charge < -0.3 is 15.2 Å². The molecule has 3 rings (SSSR count). The van der Waals surface area contributed by atoms with E-state index in [-0.39, 0.29) is 18.3 Å². The molecule has 1 aromatic heterocycles. The van der Waals surface area contributed by atoms with Crippen molar-refractivity contribution < 1.29 is 14.6 Å². The highest BCUT2D eigenvalue weighted by atomic mass is 79.9. The minimum atomic E-state index is -0.661. The maximum atomic E-state index is 12.6. The van der Waals surface area contributed by atoms with Crippen molar-refractivity contribution in [3.05, 3.63) is 56.2 Å². The van der Waals surface area contributed by atoms with Gasteiger partial charge in [0.2, 0.25) is 5.75 Å². The van der Waals surface area contributed by atoms with Crippen LogP contribution >= 0.6 is 15.9 Å². The first-order chi connectivity index (χ1) is 12.9. The molecule has 0 spiro atoms. The lowest BCUT2D eigenvalue weighted by atomic mass is 10.2. The van der Waals surface area contributed by atoms with Crippen LogP contribution in [0.1, 0.15) is 27.9 Å². The van der Waals surface area contributed by atoms with Gasteiger partial charge in [0.05, 0.1) is 19.3 Å². The quantitative estimate of drug-likeness (QED) is 0.746. The van der Waals surface area contributed by atoms with Crippen LogP contribution in [0.4, 0.5) is 0 Å². The van der Waals surface area contributed by atoms with Gasteiger partial charge in [-0.15, -0.1) is 0 Å². The first kappa shape index (κ1) is 19.5. The zero-order valence-corrected chi connectivity index (χ0v) is 16.7. The molecule has 27 heavy (non-hydrogen) atoms. The molecule has 2 N–H and O–H groups in total. The van der Waals surface area contributed by atoms with E-state index in [4.69, 9.17) is 4.74 Å². The van der Waals surface area contributed by atoms with E-state index in [1.165, 1.54) is 11.6 Å². The highest BCUT2D eigenvalue weighted by Gasteiger charge is 2.28. The third-order valence-corrected chi connectivity index (χ3v) is 5.05. The fourth-order valence-corrected chi connectivity index (χ4v) is 3.38. The SMILES string of the molecule is CN1CCOCC1c1nc(C(=O)NCc2cccc(Br)c2)c(O)c(=O)n1C. The third-order valence-electron chi connectivity index (χ3n) is 4.55. The Morgan fingerprint density at radius 1 is 1.44 bits per heavy atom. The summed E-state index contributed by atoms with van der Waals surface area (Å²) in [6.07, 6.45) is 0. The van der Waals surface area contributed by atoms with Crippen LogP contribution in [0.5, 0.6) is 5.75 Å². The Hall–Kier alpha value is -2.23. The number of carbonyl (C=O) groups excluding carboxylic acids is 1. The van der Waals surface area contributed by atoms with Crippen LogP contribution in [-0.4, -0.2) is 52.3 Å². The number of benzene rings is 1. The lowest BCUT2D eigenvalue weighted by molar-refractivity contribution is 0.000180. The minimum Gasteiger partial charge on any atom is -0.501 e. The van der Waals surface area contributed by atoms with E-state index in [2.05, 4.69) is 26.2 Å². The Balaban J connectivity index is 1.88. The van der Waals surface area contributed by atoms with Crippen LogP contribution in [0.2, 0.25) is 0 Å². The maximum absolute atomic E-state index is 12.6. The van der Waals surface area contributed by atoms with Crippen LogP contribution < -0.4 is 10.9 Å². The van der Waals surface area contributed by atoms with Crippen molar-refractivity contribution in [1.82, 2.24) is 19.8 Å². The van der Waals surface area contributed by atoms with E-state index in [1.54, 1.807) is 0 Å². The Kier molecular flexibility index (Phi) is 5.93. The summed E-state index contributed by atoms with van der Waals surface area (Å²) in [7, 11) is 3.43. The number of nitrogens with one attached hydrogen (secondary N) is 1. The number of amides is 1. The van der Waals surface area contributed by atoms with Crippen molar-refractivity contribution >= 4 is 21.8 Å². The summed E-state index contributed by atoms with van der Waals surface area (Å²) in [6.45, 7) is 1.89. The molecular formula is C18H21BrN4O4. The van der Waals surface area contributed by atoms with Gasteiger partial charge in [-0.3, -0.25) is 19.1 Å². The van der Waals surface area contributed by atoms with Crippen LogP contribution in [0.3, 0.4) is 0 Å². The summed E-state index contributed by atoms with van der Waals surface area (Å²) in [5, 5.41) is 12.9. The monoisotopic (exact) mass is 436 g/mol. The zero-order chi connectivity index (χ0) is 19.6. The van der Waals surface area contributed by atoms with Crippen LogP contribution in [0.25, 0.3) is 0 Å². The second-order valence-electron chi connectivity index (χ2n) is 6.42. The van der Waals surface area contributed by atoms with Crippen molar-refractivity contribution in [2.24, 2.45) is 7.05 Å². The molecule has 1 aromatic carbocycles. The van der Waals surface area contributed by atoms with Gasteiger partial charge in [-0.05, 0) is 24.7 Å². The molecule has 1 unspecified atom stereocenters. The molecule has 1 aliphatic rings. The van der Waals surface area contributed by atoms with E-state index in [1.807, 2.05) is 36.2 Å². The van der Waals surface area contributed by atoms with E-state index >= 15 is 0 Å². The number of halogens is 1. The molecule has 144 valence electrons. The third kappa shape index (κ3) is 4.20. The summed E-state index contributed by atoms with van der Waals surface area (Å²) in [4.78, 5) is 31.3. The molecule has 8 nitrogen and oxygen atoms in total. The number of ether oxygens (including phenoxy) is 1. The number of likely N-dealkylation sites (N-methyl/N-ethyl adjacent to an activating group) is 1. The van der Waals surface area contributed by atoms with Crippen molar-refractivity contribution in [3.63, 3.8) is 0 Å². The highest BCUT2D eigenvalue weighted by Crippen LogP contribution is 2.22. The second kappa shape index (κ2) is 8.20. The number of rotatable bonds is 4. The maximum Gasteiger partial charge on any atom is 0.296 e. The predicted octanol–water partition coefficient (Wildman–Crippen LogP) is 1.18. The molecule has 2 heterocycles. The highest BCUT2D eigenvalue weighted by molar-refractivity contribution is 9.10. The Bertz CT molecular complexity index is 915. The molecule has 1 aliphatic heterocycles. The van der Waals surface area contributed by atoms with Gasteiger partial charge in [-0.1, -0.05) is 28.1 Å². The first-order valence-electron chi connectivity index (χ1n) is 8.49. The number of hydrogen-bond donors (Lipinski definition) is 2. The van der Waals surface area contributed by atoms with Crippen LogP contribution in [0.15, 0.2) is 33.5 Å². The predicted molar refractivity (Wildman–Crippen MR) is 103 cm³/mol. The van der Waals surface area contributed by atoms with Crippen molar-refractivity contribution in [2.45, 2.75) is 12.6 Å². The standard InChI is InChI=1S/C18H21BrN4O4/c1-22-6-7-27-10-13(22)16-21-14(15(24)18(26)23(16)2)17(25)20-9-11-4-3-5-12(19)8-11/h3-5,8,13,24H,6-7,9-10H2,1-2H3,(H,20,25). The van der Waals surface area contributed by atoms with E-state index in [9.17, 15) is 14.7 Å². The topological polar surface area (TPSA) is 96.7 Å². The fraction of sp³-hybridized carbons (Fsp3) is 0.389. The summed E-state index contributed by atoms with van der Waals surface area (Å²) in [5.74, 6) is -0.884. The molecule has 1 atom stereocenters. The van der Waals surface area contributed by atoms with Gasteiger partial charge in [0, 0.05) is 24.6 Å². The molecule has 0 radical (unpaired) electrons. The van der Waals surface area contributed by atoms with Gasteiger partial charge >= 0.3 is 0 Å². The van der Waals surface area contributed by atoms with E-state index < -0.39 is 17.2 Å². The van der Waals surface area contributed by atoms with Gasteiger partial charge in [-0.2, -0.15) is 0 Å². The van der Waals surface area contributed by atoms with Gasteiger partial charge in [-0.25, -0.2) is 4.98 Å². The average Bonchev–Trinajstić information content (AvgIpc) is 2.65. The molecule has 2 aromatic rings. The first-order valence-corrected chi connectivity index (χ1v) is 9.28. The van der Waals surface area contributed by atoms with Crippen LogP contribution in [0, 0.1) is 0 Å². The molecule has 1 saturated heterocycles. The van der Waals surface area contributed by atoms with E-state index in [0.29, 0.717) is 25.6 Å². The van der Waals surface area contributed by atoms with Gasteiger partial charge in [0.25, 0.3) is 11.5 Å². The Labute approximate surface area is 164 Å². The smallest absolute Gasteiger partial charge is 0.296 e. The van der Waals surface area contributed by atoms with Crippen molar-refractivity contribution in [2.75, 3.05) is 26.8 Å². The van der Waals surface area contributed by atoms with E-state index in [0.717, 1.165) is 10.0 Å². The molecular weight excluding hydrogens is 416 g/mol. The largest absolute Gasteiger partial charge is 0.501 e.